The molecule has 21 heavy (non-hydrogen) atoms. The van der Waals surface area contributed by atoms with Crippen molar-refractivity contribution in [1.29, 1.82) is 0 Å². The van der Waals surface area contributed by atoms with Crippen molar-refractivity contribution in [1.82, 2.24) is 10.6 Å². The Morgan fingerprint density at radius 2 is 2.24 bits per heavy atom. The van der Waals surface area contributed by atoms with E-state index in [2.05, 4.69) is 10.6 Å². The topological polar surface area (TPSA) is 41.1 Å². The van der Waals surface area contributed by atoms with Gasteiger partial charge >= 0.3 is 0 Å². The molecule has 0 saturated carbocycles. The van der Waals surface area contributed by atoms with Crippen LogP contribution >= 0.6 is 11.8 Å². The average molecular weight is 316 g/mol. The van der Waals surface area contributed by atoms with Crippen molar-refractivity contribution < 1.29 is 18.0 Å². The molecule has 0 aliphatic carbocycles. The molecular weight excluding hydrogens is 301 g/mol. The van der Waals surface area contributed by atoms with Gasteiger partial charge in [-0.05, 0) is 18.1 Å². The fraction of sp³-hybridized carbons (Fsp3) is 0.500. The summed E-state index contributed by atoms with van der Waals surface area (Å²) in [6.45, 7) is -0.475. The number of rotatable bonds is 2. The average Bonchev–Trinajstić information content (AvgIpc) is 2.80. The number of thioether (sulfide) groups is 1. The van der Waals surface area contributed by atoms with Crippen molar-refractivity contribution in [3.63, 3.8) is 0 Å². The summed E-state index contributed by atoms with van der Waals surface area (Å²) in [5.74, 6) is -2.90. The van der Waals surface area contributed by atoms with E-state index in [1.807, 2.05) is 0 Å². The van der Waals surface area contributed by atoms with Crippen LogP contribution < -0.4 is 10.6 Å². The Labute approximate surface area is 124 Å². The molecule has 1 saturated heterocycles. The molecule has 0 spiro atoms. The van der Waals surface area contributed by atoms with Crippen molar-refractivity contribution in [3.05, 3.63) is 29.6 Å². The summed E-state index contributed by atoms with van der Waals surface area (Å²) in [5.41, 5.74) is 0.726. The molecule has 2 atom stereocenters. The minimum absolute atomic E-state index is 0.304. The maximum Gasteiger partial charge on any atom is 0.262 e. The van der Waals surface area contributed by atoms with Crippen LogP contribution in [0, 0.1) is 5.82 Å². The molecule has 114 valence electrons. The quantitative estimate of drug-likeness (QED) is 0.881. The van der Waals surface area contributed by atoms with Crippen molar-refractivity contribution in [2.75, 3.05) is 12.3 Å². The second-order valence-electron chi connectivity index (χ2n) is 5.35. The number of nitrogens with one attached hydrogen (secondary N) is 2. The van der Waals surface area contributed by atoms with Gasteiger partial charge in [0.1, 0.15) is 5.82 Å². The van der Waals surface area contributed by atoms with Gasteiger partial charge in [-0.1, -0.05) is 12.1 Å². The maximum atomic E-state index is 13.7. The maximum absolute atomic E-state index is 13.7. The van der Waals surface area contributed by atoms with Crippen molar-refractivity contribution in [3.8, 4) is 0 Å². The second-order valence-corrected chi connectivity index (χ2v) is 6.46. The molecule has 0 radical (unpaired) electrons. The first-order valence-electron chi connectivity index (χ1n) is 6.79. The summed E-state index contributed by atoms with van der Waals surface area (Å²) in [7, 11) is 0. The van der Waals surface area contributed by atoms with Gasteiger partial charge in [0, 0.05) is 17.1 Å². The molecule has 1 amide bonds. The summed E-state index contributed by atoms with van der Waals surface area (Å²) in [6.07, 6.45) is 0.173. The number of carbonyl (C=O) groups excluding carboxylic acids is 1. The molecule has 2 aliphatic heterocycles. The number of fused-ring (bicyclic) bond motifs is 1. The molecule has 2 N–H and O–H groups in total. The van der Waals surface area contributed by atoms with Gasteiger partial charge < -0.3 is 5.32 Å². The van der Waals surface area contributed by atoms with Crippen molar-refractivity contribution >= 4 is 17.7 Å². The number of halogens is 3. The zero-order valence-electron chi connectivity index (χ0n) is 11.2. The SMILES string of the molecule is O=C(NC1CCSc2c(F)cccc21)C1CC(F)(F)CN1. The molecular formula is C14H15F3N2OS. The van der Waals surface area contributed by atoms with Gasteiger partial charge in [0.25, 0.3) is 5.92 Å². The van der Waals surface area contributed by atoms with E-state index in [9.17, 15) is 18.0 Å². The first kappa shape index (κ1) is 14.7. The Balaban J connectivity index is 1.72. The van der Waals surface area contributed by atoms with E-state index in [0.717, 1.165) is 5.56 Å². The number of carbonyl (C=O) groups is 1. The number of amides is 1. The van der Waals surface area contributed by atoms with E-state index < -0.39 is 30.8 Å². The Morgan fingerprint density at radius 1 is 1.43 bits per heavy atom. The Hall–Kier alpha value is -1.21. The molecule has 1 aromatic rings. The van der Waals surface area contributed by atoms with E-state index in [4.69, 9.17) is 0 Å². The lowest BCUT2D eigenvalue weighted by molar-refractivity contribution is -0.124. The first-order chi connectivity index (χ1) is 9.96. The van der Waals surface area contributed by atoms with E-state index in [1.54, 1.807) is 12.1 Å². The predicted molar refractivity (Wildman–Crippen MR) is 74.0 cm³/mol. The van der Waals surface area contributed by atoms with E-state index in [0.29, 0.717) is 17.1 Å². The fourth-order valence-corrected chi connectivity index (χ4v) is 3.85. The minimum Gasteiger partial charge on any atom is -0.348 e. The highest BCUT2D eigenvalue weighted by Crippen LogP contribution is 2.38. The summed E-state index contributed by atoms with van der Waals surface area (Å²) in [6, 6.07) is 3.55. The molecule has 7 heteroatoms. The Morgan fingerprint density at radius 3 is 2.95 bits per heavy atom. The molecule has 1 fully saturated rings. The molecule has 0 bridgehead atoms. The van der Waals surface area contributed by atoms with Gasteiger partial charge in [-0.2, -0.15) is 0 Å². The van der Waals surface area contributed by atoms with Crippen LogP contribution in [0.3, 0.4) is 0 Å². The fourth-order valence-electron chi connectivity index (χ4n) is 2.71. The standard InChI is InChI=1S/C14H15F3N2OS/c15-9-3-1-2-8-10(4-5-21-12(8)9)19-13(20)11-6-14(16,17)7-18-11/h1-3,10-11,18H,4-7H2,(H,19,20). The van der Waals surface area contributed by atoms with Gasteiger partial charge in [-0.15, -0.1) is 11.8 Å². The van der Waals surface area contributed by atoms with Crippen LogP contribution in [0.25, 0.3) is 0 Å². The largest absolute Gasteiger partial charge is 0.348 e. The van der Waals surface area contributed by atoms with Gasteiger partial charge in [0.15, 0.2) is 0 Å². The van der Waals surface area contributed by atoms with Gasteiger partial charge in [-0.3, -0.25) is 10.1 Å². The van der Waals surface area contributed by atoms with Crippen LogP contribution in [0.2, 0.25) is 0 Å². The predicted octanol–water partition coefficient (Wildman–Crippen LogP) is 2.48. The third-order valence-corrected chi connectivity index (χ3v) is 4.93. The van der Waals surface area contributed by atoms with E-state index in [1.165, 1.54) is 17.8 Å². The molecule has 0 aromatic heterocycles. The van der Waals surface area contributed by atoms with Crippen LogP contribution in [0.5, 0.6) is 0 Å². The summed E-state index contributed by atoms with van der Waals surface area (Å²) < 4.78 is 40.0. The van der Waals surface area contributed by atoms with E-state index in [-0.39, 0.29) is 11.9 Å². The molecule has 1 aromatic carbocycles. The Kier molecular flexibility index (Phi) is 3.88. The van der Waals surface area contributed by atoms with Crippen LogP contribution in [-0.4, -0.2) is 30.2 Å². The summed E-state index contributed by atoms with van der Waals surface area (Å²) in [5, 5.41) is 5.30. The Bertz CT molecular complexity index is 567. The smallest absolute Gasteiger partial charge is 0.262 e. The molecule has 3 rings (SSSR count). The van der Waals surface area contributed by atoms with Crippen molar-refractivity contribution in [2.24, 2.45) is 0 Å². The van der Waals surface area contributed by atoms with Crippen LogP contribution in [0.4, 0.5) is 13.2 Å². The van der Waals surface area contributed by atoms with Crippen LogP contribution in [-0.2, 0) is 4.79 Å². The highest BCUT2D eigenvalue weighted by molar-refractivity contribution is 7.99. The minimum atomic E-state index is -2.84. The third-order valence-electron chi connectivity index (χ3n) is 3.77. The monoisotopic (exact) mass is 316 g/mol. The van der Waals surface area contributed by atoms with E-state index >= 15 is 0 Å². The highest BCUT2D eigenvalue weighted by atomic mass is 32.2. The normalized spacial score (nSPS) is 27.2. The van der Waals surface area contributed by atoms with Gasteiger partial charge in [0.2, 0.25) is 5.91 Å². The molecule has 2 heterocycles. The van der Waals surface area contributed by atoms with Crippen LogP contribution in [0.15, 0.2) is 23.1 Å². The lowest BCUT2D eigenvalue weighted by atomic mass is 10.0. The lowest BCUT2D eigenvalue weighted by Gasteiger charge is -2.27. The number of alkyl halides is 2. The zero-order valence-corrected chi connectivity index (χ0v) is 12.0. The third kappa shape index (κ3) is 3.03. The number of hydrogen-bond acceptors (Lipinski definition) is 3. The molecule has 2 unspecified atom stereocenters. The van der Waals surface area contributed by atoms with Gasteiger partial charge in [-0.25, -0.2) is 13.2 Å². The zero-order chi connectivity index (χ0) is 15.0. The first-order valence-corrected chi connectivity index (χ1v) is 7.78. The number of benzene rings is 1. The number of hydrogen-bond donors (Lipinski definition) is 2. The molecule has 2 aliphatic rings. The van der Waals surface area contributed by atoms with Gasteiger partial charge in [0.05, 0.1) is 18.6 Å². The second kappa shape index (κ2) is 5.53. The lowest BCUT2D eigenvalue weighted by Crippen LogP contribution is -2.42. The highest BCUT2D eigenvalue weighted by Gasteiger charge is 2.42. The van der Waals surface area contributed by atoms with Crippen molar-refractivity contribution in [2.45, 2.75) is 35.7 Å². The van der Waals surface area contributed by atoms with Crippen LogP contribution in [0.1, 0.15) is 24.4 Å². The molecule has 3 nitrogen and oxygen atoms in total. The summed E-state index contributed by atoms with van der Waals surface area (Å²) >= 11 is 1.42. The summed E-state index contributed by atoms with van der Waals surface area (Å²) in [4.78, 5) is 12.6.